The van der Waals surface area contributed by atoms with Crippen LogP contribution >= 0.6 is 0 Å². The van der Waals surface area contributed by atoms with Gasteiger partial charge < -0.3 is 10.2 Å². The topological polar surface area (TPSA) is 32.3 Å². The van der Waals surface area contributed by atoms with Crippen molar-refractivity contribution in [3.05, 3.63) is 12.2 Å². The van der Waals surface area contributed by atoms with Crippen LogP contribution < -0.4 is 5.32 Å². The van der Waals surface area contributed by atoms with Crippen molar-refractivity contribution in [1.82, 2.24) is 10.2 Å². The predicted octanol–water partition coefficient (Wildman–Crippen LogP) is 1.13. The molecular weight excluding hydrogens is 185 g/mol. The molecule has 6 heteroatoms. The quantitative estimate of drug-likeness (QED) is 0.623. The van der Waals surface area contributed by atoms with Crippen LogP contribution in [-0.4, -0.2) is 36.7 Å². The molecule has 1 N–H and O–H groups in total. The zero-order chi connectivity index (χ0) is 9.90. The summed E-state index contributed by atoms with van der Waals surface area (Å²) in [5.74, 6) is 0. The Morgan fingerprint density at radius 2 is 1.92 bits per heavy atom. The van der Waals surface area contributed by atoms with E-state index in [4.69, 9.17) is 0 Å². The van der Waals surface area contributed by atoms with E-state index in [1.807, 2.05) is 0 Å². The Morgan fingerprint density at radius 3 is 2.38 bits per heavy atom. The van der Waals surface area contributed by atoms with E-state index in [1.165, 1.54) is 4.90 Å². The van der Waals surface area contributed by atoms with Gasteiger partial charge in [0.25, 0.3) is 0 Å². The summed E-state index contributed by atoms with van der Waals surface area (Å²) in [5, 5.41) is 1.79. The van der Waals surface area contributed by atoms with Crippen LogP contribution in [0.1, 0.15) is 0 Å². The number of carbonyl (C=O) groups excluding carboxylic acids is 1. The van der Waals surface area contributed by atoms with Gasteiger partial charge in [-0.25, -0.2) is 4.79 Å². The highest BCUT2D eigenvalue weighted by Crippen LogP contribution is 2.12. The number of alkyl halides is 3. The maximum absolute atomic E-state index is 11.7. The first-order valence-corrected chi connectivity index (χ1v) is 3.73. The van der Waals surface area contributed by atoms with Crippen molar-refractivity contribution in [2.45, 2.75) is 6.18 Å². The molecule has 0 aromatic rings. The van der Waals surface area contributed by atoms with Gasteiger partial charge in [0.2, 0.25) is 0 Å². The van der Waals surface area contributed by atoms with Gasteiger partial charge >= 0.3 is 12.2 Å². The van der Waals surface area contributed by atoms with E-state index in [2.05, 4.69) is 0 Å². The molecule has 1 rings (SSSR count). The summed E-state index contributed by atoms with van der Waals surface area (Å²) >= 11 is 0. The number of nitrogens with one attached hydrogen (secondary N) is 1. The molecule has 13 heavy (non-hydrogen) atoms. The van der Waals surface area contributed by atoms with Gasteiger partial charge in [-0.15, -0.1) is 0 Å². The maximum Gasteiger partial charge on any atom is 0.405 e. The van der Waals surface area contributed by atoms with Gasteiger partial charge in [-0.1, -0.05) is 12.2 Å². The van der Waals surface area contributed by atoms with Crippen LogP contribution in [0.4, 0.5) is 18.0 Å². The smallest absolute Gasteiger partial charge is 0.329 e. The first-order chi connectivity index (χ1) is 5.99. The van der Waals surface area contributed by atoms with Crippen molar-refractivity contribution in [1.29, 1.82) is 0 Å². The van der Waals surface area contributed by atoms with Gasteiger partial charge in [-0.3, -0.25) is 0 Å². The minimum atomic E-state index is -4.34. The lowest BCUT2D eigenvalue weighted by molar-refractivity contribution is -0.123. The Morgan fingerprint density at radius 1 is 1.38 bits per heavy atom. The summed E-state index contributed by atoms with van der Waals surface area (Å²) in [7, 11) is 0. The summed E-state index contributed by atoms with van der Waals surface area (Å²) in [5.41, 5.74) is 0. The number of halogens is 3. The van der Waals surface area contributed by atoms with Crippen LogP contribution in [0.25, 0.3) is 0 Å². The van der Waals surface area contributed by atoms with Crippen molar-refractivity contribution in [3.63, 3.8) is 0 Å². The highest BCUT2D eigenvalue weighted by Gasteiger charge is 2.28. The van der Waals surface area contributed by atoms with E-state index < -0.39 is 18.8 Å². The summed E-state index contributed by atoms with van der Waals surface area (Å²) in [6, 6.07) is -0.678. The molecule has 0 aromatic carbocycles. The molecule has 1 aliphatic rings. The Hall–Kier alpha value is -1.20. The van der Waals surface area contributed by atoms with E-state index in [1.54, 1.807) is 17.5 Å². The molecule has 0 unspecified atom stereocenters. The molecule has 74 valence electrons. The molecule has 0 radical (unpaired) electrons. The highest BCUT2D eigenvalue weighted by atomic mass is 19.4. The Balaban J connectivity index is 2.26. The Kier molecular flexibility index (Phi) is 2.79. The molecular formula is C7H9F3N2O. The van der Waals surface area contributed by atoms with Crippen LogP contribution in [0.15, 0.2) is 12.2 Å². The number of urea groups is 1. The number of hydrogen-bond donors (Lipinski definition) is 1. The fourth-order valence-corrected chi connectivity index (χ4v) is 0.932. The predicted molar refractivity (Wildman–Crippen MR) is 40.2 cm³/mol. The number of rotatable bonds is 1. The second kappa shape index (κ2) is 3.68. The average Bonchev–Trinajstić information content (AvgIpc) is 2.50. The molecule has 0 aliphatic carbocycles. The molecule has 0 bridgehead atoms. The summed E-state index contributed by atoms with van der Waals surface area (Å²) in [6.45, 7) is -0.518. The van der Waals surface area contributed by atoms with Gasteiger partial charge in [0.15, 0.2) is 0 Å². The Labute approximate surface area is 73.2 Å². The maximum atomic E-state index is 11.7. The van der Waals surface area contributed by atoms with E-state index >= 15 is 0 Å². The molecule has 0 saturated carbocycles. The molecule has 0 spiro atoms. The standard InChI is InChI=1S/C7H9F3N2O/c8-7(9,10)5-11-6(13)12-3-1-2-4-12/h1-2H,3-5H2,(H,11,13). The number of amides is 2. The van der Waals surface area contributed by atoms with E-state index in [9.17, 15) is 18.0 Å². The molecule has 1 aliphatic heterocycles. The van der Waals surface area contributed by atoms with E-state index in [0.29, 0.717) is 13.1 Å². The van der Waals surface area contributed by atoms with E-state index in [0.717, 1.165) is 0 Å². The second-order valence-electron chi connectivity index (χ2n) is 2.65. The van der Waals surface area contributed by atoms with Crippen LogP contribution in [0.2, 0.25) is 0 Å². The number of nitrogens with zero attached hydrogens (tertiary/aromatic N) is 1. The Bertz CT molecular complexity index is 216. The molecule has 0 atom stereocenters. The lowest BCUT2D eigenvalue weighted by Crippen LogP contribution is -2.42. The van der Waals surface area contributed by atoms with Gasteiger partial charge in [0.1, 0.15) is 6.54 Å². The van der Waals surface area contributed by atoms with Crippen molar-refractivity contribution >= 4 is 6.03 Å². The van der Waals surface area contributed by atoms with Crippen LogP contribution in [0, 0.1) is 0 Å². The van der Waals surface area contributed by atoms with Crippen molar-refractivity contribution in [2.24, 2.45) is 0 Å². The van der Waals surface area contributed by atoms with Gasteiger partial charge in [0.05, 0.1) is 0 Å². The lowest BCUT2D eigenvalue weighted by Gasteiger charge is -2.16. The summed E-state index contributed by atoms with van der Waals surface area (Å²) in [6.07, 6.45) is -0.886. The summed E-state index contributed by atoms with van der Waals surface area (Å²) < 4.78 is 35.0. The minimum Gasteiger partial charge on any atom is -0.329 e. The van der Waals surface area contributed by atoms with Crippen LogP contribution in [0.3, 0.4) is 0 Å². The third-order valence-corrected chi connectivity index (χ3v) is 1.55. The first kappa shape index (κ1) is 9.88. The largest absolute Gasteiger partial charge is 0.405 e. The SMILES string of the molecule is O=C(NCC(F)(F)F)N1CC=CC1. The fraction of sp³-hybridized carbons (Fsp3) is 0.571. The monoisotopic (exact) mass is 194 g/mol. The number of hydrogen-bond acceptors (Lipinski definition) is 1. The minimum absolute atomic E-state index is 0.379. The molecule has 0 aromatic heterocycles. The first-order valence-electron chi connectivity index (χ1n) is 3.73. The summed E-state index contributed by atoms with van der Waals surface area (Å²) in [4.78, 5) is 12.3. The van der Waals surface area contributed by atoms with Crippen molar-refractivity contribution in [2.75, 3.05) is 19.6 Å². The molecule has 1 heterocycles. The number of carbonyl (C=O) groups is 1. The third kappa shape index (κ3) is 3.35. The third-order valence-electron chi connectivity index (χ3n) is 1.55. The van der Waals surface area contributed by atoms with Gasteiger partial charge in [-0.2, -0.15) is 13.2 Å². The normalized spacial score (nSPS) is 16.4. The zero-order valence-electron chi connectivity index (χ0n) is 6.77. The fourth-order valence-electron chi connectivity index (χ4n) is 0.932. The molecule has 2 amide bonds. The van der Waals surface area contributed by atoms with E-state index in [-0.39, 0.29) is 0 Å². The van der Waals surface area contributed by atoms with Crippen molar-refractivity contribution in [3.8, 4) is 0 Å². The highest BCUT2D eigenvalue weighted by molar-refractivity contribution is 5.75. The lowest BCUT2D eigenvalue weighted by atomic mass is 10.6. The molecule has 3 nitrogen and oxygen atoms in total. The molecule has 0 fully saturated rings. The van der Waals surface area contributed by atoms with Crippen molar-refractivity contribution < 1.29 is 18.0 Å². The van der Waals surface area contributed by atoms with Crippen LogP contribution in [-0.2, 0) is 0 Å². The second-order valence-corrected chi connectivity index (χ2v) is 2.65. The van der Waals surface area contributed by atoms with Gasteiger partial charge in [-0.05, 0) is 0 Å². The van der Waals surface area contributed by atoms with Crippen LogP contribution in [0.5, 0.6) is 0 Å². The zero-order valence-corrected chi connectivity index (χ0v) is 6.77. The molecule has 0 saturated heterocycles. The van der Waals surface area contributed by atoms with Gasteiger partial charge in [0, 0.05) is 13.1 Å². The average molecular weight is 194 g/mol.